The van der Waals surface area contributed by atoms with Gasteiger partial charge in [0.05, 0.1) is 71.2 Å². The number of hydrogen-bond acceptors (Lipinski definition) is 14. The number of nitrogens with zero attached hydrogens (tertiary/aromatic N) is 6. The van der Waals surface area contributed by atoms with E-state index in [2.05, 4.69) is 20.6 Å². The second kappa shape index (κ2) is 28.3. The molecule has 4 heterocycles. The fourth-order valence-corrected chi connectivity index (χ4v) is 13.3. The molecule has 0 fully saturated rings. The first-order valence-corrected chi connectivity index (χ1v) is 30.3. The van der Waals surface area contributed by atoms with Crippen molar-refractivity contribution in [3.63, 3.8) is 0 Å². The summed E-state index contributed by atoms with van der Waals surface area (Å²) < 4.78 is 70.7. The molecule has 14 nitrogen and oxygen atoms in total. The maximum atomic E-state index is 16.2. The number of thiophene rings is 2. The van der Waals surface area contributed by atoms with Gasteiger partial charge in [0.1, 0.15) is 35.7 Å². The van der Waals surface area contributed by atoms with Gasteiger partial charge < -0.3 is 28.4 Å². The molecule has 0 aliphatic rings. The van der Waals surface area contributed by atoms with E-state index >= 15 is 8.78 Å². The molecule has 448 valence electrons. The Morgan fingerprint density at radius 2 is 0.872 bits per heavy atom. The van der Waals surface area contributed by atoms with Gasteiger partial charge in [-0.3, -0.25) is 9.59 Å². The molecule has 6 aromatic carbocycles. The SMILES string of the molecule is CCn1nnc2c(F)c([C@@H](c3cc(COCc4ccc(OC)cc4)c(Cl)s3)C(C)(C)C(=O)OCc3ccccc3)ccc21.CCn1nnc2c(F)c([C@H](c3cc(COCc4ccc(OC)cc4)c(Cl)s3)C(C)(C)C(=O)OCc3ccccc3)ccc21. The van der Waals surface area contributed by atoms with Crippen LogP contribution in [-0.4, -0.2) is 56.1 Å². The molecule has 20 heteroatoms. The van der Waals surface area contributed by atoms with E-state index in [1.165, 1.54) is 22.7 Å². The standard InChI is InChI=1S/2C33H33ClFN3O4S/c2*1-5-38-26-16-15-25(29(35)30(26)36-37-38)28(33(2,3)32(39)42-19-21-9-7-6-8-10-21)27-17-23(31(34)43-27)20-41-18-22-11-13-24(40-4)14-12-22/h2*6-17,28H,5,18-20H2,1-4H3/t2*28-/m10/s1. The van der Waals surface area contributed by atoms with Crippen LogP contribution in [0.25, 0.3) is 22.1 Å². The number of rotatable bonds is 24. The van der Waals surface area contributed by atoms with Crippen molar-refractivity contribution < 1.29 is 46.8 Å². The average molecular weight is 1240 g/mol. The fraction of sp³-hybridized carbons (Fsp3) is 0.303. The van der Waals surface area contributed by atoms with E-state index in [1.807, 2.05) is 135 Å². The van der Waals surface area contributed by atoms with Crippen LogP contribution in [-0.2, 0) is 81.3 Å². The van der Waals surface area contributed by atoms with Crippen LogP contribution in [0.1, 0.15) is 108 Å². The highest BCUT2D eigenvalue weighted by Crippen LogP contribution is 2.50. The number of carbonyl (C=O) groups excluding carboxylic acids is 2. The van der Waals surface area contributed by atoms with Gasteiger partial charge in [-0.2, -0.15) is 0 Å². The molecule has 0 saturated heterocycles. The van der Waals surface area contributed by atoms with Crippen LogP contribution >= 0.6 is 45.9 Å². The highest BCUT2D eigenvalue weighted by atomic mass is 35.5. The summed E-state index contributed by atoms with van der Waals surface area (Å²) in [5.74, 6) is -1.85. The fourth-order valence-electron chi connectivity index (χ4n) is 10.1. The lowest BCUT2D eigenvalue weighted by atomic mass is 9.73. The smallest absolute Gasteiger partial charge is 0.312 e. The zero-order chi connectivity index (χ0) is 61.1. The van der Waals surface area contributed by atoms with Gasteiger partial charge >= 0.3 is 11.9 Å². The number of benzene rings is 6. The first-order valence-electron chi connectivity index (χ1n) is 27.9. The molecule has 0 bridgehead atoms. The van der Waals surface area contributed by atoms with Crippen molar-refractivity contribution in [2.75, 3.05) is 14.2 Å². The summed E-state index contributed by atoms with van der Waals surface area (Å²) in [5.41, 5.74) is 5.01. The molecule has 10 aromatic rings. The topological polar surface area (TPSA) is 151 Å². The molecule has 0 N–H and O–H groups in total. The summed E-state index contributed by atoms with van der Waals surface area (Å²) in [4.78, 5) is 28.8. The molecule has 2 atom stereocenters. The van der Waals surface area contributed by atoms with E-state index in [1.54, 1.807) is 75.5 Å². The molecule has 0 radical (unpaired) electrons. The zero-order valence-electron chi connectivity index (χ0n) is 48.9. The lowest BCUT2D eigenvalue weighted by Gasteiger charge is -2.32. The minimum Gasteiger partial charge on any atom is -0.497 e. The summed E-state index contributed by atoms with van der Waals surface area (Å²) in [6.07, 6.45) is 0. The lowest BCUT2D eigenvalue weighted by Crippen LogP contribution is -2.34. The maximum Gasteiger partial charge on any atom is 0.312 e. The van der Waals surface area contributed by atoms with Gasteiger partial charge in [-0.1, -0.05) is 131 Å². The first-order chi connectivity index (χ1) is 41.4. The molecule has 86 heavy (non-hydrogen) atoms. The summed E-state index contributed by atoms with van der Waals surface area (Å²) in [6, 6.07) is 44.9. The van der Waals surface area contributed by atoms with Crippen LogP contribution in [0.3, 0.4) is 0 Å². The Bertz CT molecular complexity index is 3660. The van der Waals surface area contributed by atoms with E-state index in [4.69, 9.17) is 51.6 Å². The minimum absolute atomic E-state index is 0.109. The number of methoxy groups -OCH3 is 2. The largest absolute Gasteiger partial charge is 0.497 e. The molecule has 0 unspecified atom stereocenters. The van der Waals surface area contributed by atoms with Crippen LogP contribution in [0.4, 0.5) is 8.78 Å². The third-order valence-electron chi connectivity index (χ3n) is 14.9. The normalized spacial score (nSPS) is 12.4. The molecular weight excluding hydrogens is 1180 g/mol. The van der Waals surface area contributed by atoms with E-state index in [0.29, 0.717) is 57.1 Å². The quantitative estimate of drug-likeness (QED) is 0.0530. The Kier molecular flexibility index (Phi) is 20.7. The summed E-state index contributed by atoms with van der Waals surface area (Å²) >= 11 is 16.0. The minimum atomic E-state index is -1.17. The van der Waals surface area contributed by atoms with Crippen LogP contribution in [0.5, 0.6) is 11.5 Å². The van der Waals surface area contributed by atoms with Crippen LogP contribution in [0.2, 0.25) is 8.67 Å². The number of hydrogen-bond donors (Lipinski definition) is 0. The third kappa shape index (κ3) is 14.3. The van der Waals surface area contributed by atoms with E-state index in [-0.39, 0.29) is 37.5 Å². The molecule has 0 spiro atoms. The van der Waals surface area contributed by atoms with Gasteiger partial charge in [-0.25, -0.2) is 18.1 Å². The number of esters is 2. The number of halogens is 4. The second-order valence-electron chi connectivity index (χ2n) is 21.5. The maximum absolute atomic E-state index is 16.2. The second-order valence-corrected chi connectivity index (χ2v) is 24.9. The zero-order valence-corrected chi connectivity index (χ0v) is 52.1. The summed E-state index contributed by atoms with van der Waals surface area (Å²) in [6.45, 7) is 13.5. The van der Waals surface area contributed by atoms with E-state index < -0.39 is 46.2 Å². The monoisotopic (exact) mass is 1240 g/mol. The van der Waals surface area contributed by atoms with Crippen molar-refractivity contribution in [1.82, 2.24) is 30.0 Å². The Balaban J connectivity index is 0.000000205. The first kappa shape index (κ1) is 62.9. The van der Waals surface area contributed by atoms with Gasteiger partial charge in [-0.05, 0) is 123 Å². The highest BCUT2D eigenvalue weighted by Gasteiger charge is 2.45. The van der Waals surface area contributed by atoms with E-state index in [9.17, 15) is 9.59 Å². The average Bonchev–Trinajstić information content (AvgIpc) is 1.59. The Hall–Kier alpha value is -7.58. The van der Waals surface area contributed by atoms with Crippen LogP contribution < -0.4 is 9.47 Å². The van der Waals surface area contributed by atoms with Crippen LogP contribution in [0.15, 0.2) is 146 Å². The van der Waals surface area contributed by atoms with Gasteiger partial charge in [0.15, 0.2) is 11.6 Å². The van der Waals surface area contributed by atoms with Crippen molar-refractivity contribution in [2.24, 2.45) is 10.8 Å². The van der Waals surface area contributed by atoms with Gasteiger partial charge in [-0.15, -0.1) is 32.9 Å². The molecular formula is C66H66Cl2F2N6O8S2. The Morgan fingerprint density at radius 1 is 0.512 bits per heavy atom. The molecule has 0 aliphatic carbocycles. The molecule has 0 amide bonds. The lowest BCUT2D eigenvalue weighted by molar-refractivity contribution is -0.156. The van der Waals surface area contributed by atoms with E-state index in [0.717, 1.165) is 54.6 Å². The van der Waals surface area contributed by atoms with Crippen molar-refractivity contribution in [3.8, 4) is 11.5 Å². The van der Waals surface area contributed by atoms with Crippen molar-refractivity contribution in [1.29, 1.82) is 0 Å². The van der Waals surface area contributed by atoms with Crippen molar-refractivity contribution in [2.45, 2.75) is 106 Å². The third-order valence-corrected chi connectivity index (χ3v) is 18.0. The van der Waals surface area contributed by atoms with Gasteiger partial charge in [0.25, 0.3) is 0 Å². The number of ether oxygens (including phenoxy) is 6. The molecule has 0 saturated carbocycles. The van der Waals surface area contributed by atoms with Gasteiger partial charge in [0, 0.05) is 45.8 Å². The predicted octanol–water partition coefficient (Wildman–Crippen LogP) is 15.9. The number of aromatic nitrogens is 6. The highest BCUT2D eigenvalue weighted by molar-refractivity contribution is 7.16. The Labute approximate surface area is 516 Å². The number of fused-ring (bicyclic) bond motifs is 2. The molecule has 4 aromatic heterocycles. The van der Waals surface area contributed by atoms with Crippen LogP contribution in [0, 0.1) is 22.5 Å². The predicted molar refractivity (Wildman–Crippen MR) is 332 cm³/mol. The summed E-state index contributed by atoms with van der Waals surface area (Å²) in [7, 11) is 3.25. The molecule has 10 rings (SSSR count). The van der Waals surface area contributed by atoms with Crippen molar-refractivity contribution in [3.05, 3.63) is 220 Å². The Morgan fingerprint density at radius 3 is 1.22 bits per heavy atom. The number of carbonyl (C=O) groups is 2. The van der Waals surface area contributed by atoms with Gasteiger partial charge in [0.2, 0.25) is 0 Å². The van der Waals surface area contributed by atoms with Crippen molar-refractivity contribution >= 4 is 79.9 Å². The number of aryl methyl sites for hydroxylation is 2. The molecule has 0 aliphatic heterocycles. The summed E-state index contributed by atoms with van der Waals surface area (Å²) in [5, 5.41) is 16.4.